The predicted molar refractivity (Wildman–Crippen MR) is 67.7 cm³/mol. The minimum atomic E-state index is -2.77. The van der Waals surface area contributed by atoms with Gasteiger partial charge in [0.2, 0.25) is 0 Å². The molecule has 0 aromatic heterocycles. The van der Waals surface area contributed by atoms with Crippen molar-refractivity contribution in [2.24, 2.45) is 0 Å². The first-order valence-corrected chi connectivity index (χ1v) is 6.20. The fraction of sp³-hybridized carbons (Fsp3) is 0.429. The number of benzene rings is 1. The van der Waals surface area contributed by atoms with Crippen LogP contribution in [0.4, 0.5) is 8.78 Å². The molecule has 1 aliphatic rings. The lowest BCUT2D eigenvalue weighted by Crippen LogP contribution is -2.31. The Labute approximate surface area is 106 Å². The Morgan fingerprint density at radius 2 is 2.00 bits per heavy atom. The van der Waals surface area contributed by atoms with Crippen molar-refractivity contribution in [3.63, 3.8) is 0 Å². The van der Waals surface area contributed by atoms with Crippen molar-refractivity contribution in [3.8, 4) is 5.75 Å². The number of alkyl halides is 2. The first-order chi connectivity index (χ1) is 8.74. The predicted octanol–water partition coefficient (Wildman–Crippen LogP) is 3.44. The minimum absolute atomic E-state index is 0.193. The average molecular weight is 253 g/mol. The molecule has 1 aliphatic heterocycles. The third-order valence-corrected chi connectivity index (χ3v) is 2.97. The molecule has 0 aliphatic carbocycles. The highest BCUT2D eigenvalue weighted by molar-refractivity contribution is 5.51. The molecule has 0 spiro atoms. The third-order valence-electron chi connectivity index (χ3n) is 2.97. The highest BCUT2D eigenvalue weighted by Gasteiger charge is 2.08. The molecular formula is C14H17F2NO. The maximum Gasteiger partial charge on any atom is 0.387 e. The summed E-state index contributed by atoms with van der Waals surface area (Å²) in [6.07, 6.45) is 7.79. The van der Waals surface area contributed by atoms with Gasteiger partial charge in [0, 0.05) is 6.04 Å². The SMILES string of the molecule is FC(F)Oc1ccc(/C=C/C2CCCCN2)cc1. The molecule has 1 heterocycles. The van der Waals surface area contributed by atoms with Gasteiger partial charge in [-0.25, -0.2) is 0 Å². The molecule has 0 radical (unpaired) electrons. The van der Waals surface area contributed by atoms with Crippen molar-refractivity contribution in [3.05, 3.63) is 35.9 Å². The van der Waals surface area contributed by atoms with E-state index in [0.717, 1.165) is 18.5 Å². The van der Waals surface area contributed by atoms with E-state index in [1.54, 1.807) is 24.3 Å². The molecule has 18 heavy (non-hydrogen) atoms. The Bertz CT molecular complexity index is 383. The molecule has 1 N–H and O–H groups in total. The van der Waals surface area contributed by atoms with Crippen LogP contribution >= 0.6 is 0 Å². The fourth-order valence-electron chi connectivity index (χ4n) is 2.03. The number of piperidine rings is 1. The summed E-state index contributed by atoms with van der Waals surface area (Å²) in [7, 11) is 0. The van der Waals surface area contributed by atoms with E-state index >= 15 is 0 Å². The molecule has 1 atom stereocenters. The van der Waals surface area contributed by atoms with Gasteiger partial charge in [-0.3, -0.25) is 0 Å². The van der Waals surface area contributed by atoms with Gasteiger partial charge in [-0.1, -0.05) is 30.7 Å². The third kappa shape index (κ3) is 4.11. The summed E-state index contributed by atoms with van der Waals surface area (Å²) in [5.41, 5.74) is 0.990. The van der Waals surface area contributed by atoms with Crippen molar-refractivity contribution < 1.29 is 13.5 Å². The van der Waals surface area contributed by atoms with E-state index in [2.05, 4.69) is 16.1 Å². The van der Waals surface area contributed by atoms with Crippen LogP contribution in [0.3, 0.4) is 0 Å². The number of rotatable bonds is 4. The highest BCUT2D eigenvalue weighted by atomic mass is 19.3. The van der Waals surface area contributed by atoms with Crippen molar-refractivity contribution >= 4 is 6.08 Å². The summed E-state index contributed by atoms with van der Waals surface area (Å²) in [5.74, 6) is 0.193. The standard InChI is InChI=1S/C14H17F2NO/c15-14(16)18-13-8-5-11(6-9-13)4-7-12-3-1-2-10-17-12/h4-9,12,14,17H,1-3,10H2/b7-4+. The second-order valence-corrected chi connectivity index (χ2v) is 4.36. The zero-order valence-corrected chi connectivity index (χ0v) is 10.1. The quantitative estimate of drug-likeness (QED) is 0.887. The zero-order valence-electron chi connectivity index (χ0n) is 10.1. The normalized spacial score (nSPS) is 20.5. The summed E-state index contributed by atoms with van der Waals surface area (Å²) in [4.78, 5) is 0. The highest BCUT2D eigenvalue weighted by Crippen LogP contribution is 2.16. The van der Waals surface area contributed by atoms with Crippen LogP contribution < -0.4 is 10.1 Å². The molecule has 1 aromatic carbocycles. The average Bonchev–Trinajstić information content (AvgIpc) is 2.38. The van der Waals surface area contributed by atoms with Crippen LogP contribution in [-0.4, -0.2) is 19.2 Å². The van der Waals surface area contributed by atoms with Gasteiger partial charge >= 0.3 is 6.61 Å². The summed E-state index contributed by atoms with van der Waals surface area (Å²) in [6, 6.07) is 7.09. The van der Waals surface area contributed by atoms with E-state index in [4.69, 9.17) is 0 Å². The Balaban J connectivity index is 1.90. The van der Waals surface area contributed by atoms with Crippen LogP contribution in [0.2, 0.25) is 0 Å². The first kappa shape index (κ1) is 13.0. The van der Waals surface area contributed by atoms with E-state index in [-0.39, 0.29) is 5.75 Å². The molecule has 1 saturated heterocycles. The molecule has 98 valence electrons. The lowest BCUT2D eigenvalue weighted by molar-refractivity contribution is -0.0498. The molecule has 1 fully saturated rings. The van der Waals surface area contributed by atoms with E-state index in [0.29, 0.717) is 6.04 Å². The Morgan fingerprint density at radius 1 is 1.22 bits per heavy atom. The molecule has 0 amide bonds. The number of hydrogen-bond donors (Lipinski definition) is 1. The number of halogens is 2. The van der Waals surface area contributed by atoms with Gasteiger partial charge in [-0.05, 0) is 37.1 Å². The van der Waals surface area contributed by atoms with Crippen LogP contribution in [0.5, 0.6) is 5.75 Å². The Morgan fingerprint density at radius 3 is 2.61 bits per heavy atom. The number of ether oxygens (including phenoxy) is 1. The van der Waals surface area contributed by atoms with E-state index in [1.165, 1.54) is 12.8 Å². The van der Waals surface area contributed by atoms with Crippen molar-refractivity contribution in [1.82, 2.24) is 5.32 Å². The fourth-order valence-corrected chi connectivity index (χ4v) is 2.03. The molecule has 4 heteroatoms. The van der Waals surface area contributed by atoms with Crippen LogP contribution in [0.1, 0.15) is 24.8 Å². The second kappa shape index (κ2) is 6.50. The van der Waals surface area contributed by atoms with E-state index in [1.807, 2.05) is 6.08 Å². The monoisotopic (exact) mass is 253 g/mol. The van der Waals surface area contributed by atoms with E-state index in [9.17, 15) is 8.78 Å². The van der Waals surface area contributed by atoms with Gasteiger partial charge in [0.1, 0.15) is 5.75 Å². The van der Waals surface area contributed by atoms with Crippen LogP contribution in [-0.2, 0) is 0 Å². The van der Waals surface area contributed by atoms with Crippen molar-refractivity contribution in [2.75, 3.05) is 6.54 Å². The van der Waals surface area contributed by atoms with Gasteiger partial charge < -0.3 is 10.1 Å². The maximum absolute atomic E-state index is 12.0. The molecule has 1 unspecified atom stereocenters. The van der Waals surface area contributed by atoms with Crippen molar-refractivity contribution in [1.29, 1.82) is 0 Å². The molecule has 1 aromatic rings. The maximum atomic E-state index is 12.0. The second-order valence-electron chi connectivity index (χ2n) is 4.36. The molecule has 2 rings (SSSR count). The molecule has 2 nitrogen and oxygen atoms in total. The Kier molecular flexibility index (Phi) is 4.70. The summed E-state index contributed by atoms with van der Waals surface area (Å²) < 4.78 is 28.2. The smallest absolute Gasteiger partial charge is 0.387 e. The zero-order chi connectivity index (χ0) is 12.8. The summed E-state index contributed by atoms with van der Waals surface area (Å²) >= 11 is 0. The number of nitrogens with one attached hydrogen (secondary N) is 1. The minimum Gasteiger partial charge on any atom is -0.435 e. The van der Waals surface area contributed by atoms with Gasteiger partial charge in [0.15, 0.2) is 0 Å². The topological polar surface area (TPSA) is 21.3 Å². The van der Waals surface area contributed by atoms with Gasteiger partial charge in [0.25, 0.3) is 0 Å². The van der Waals surface area contributed by atoms with Gasteiger partial charge in [-0.2, -0.15) is 8.78 Å². The molecule has 0 saturated carbocycles. The largest absolute Gasteiger partial charge is 0.435 e. The lowest BCUT2D eigenvalue weighted by atomic mass is 10.0. The summed E-state index contributed by atoms with van der Waals surface area (Å²) in [5, 5.41) is 3.42. The van der Waals surface area contributed by atoms with Crippen LogP contribution in [0.15, 0.2) is 30.3 Å². The Hall–Kier alpha value is -1.42. The molecule has 0 bridgehead atoms. The van der Waals surface area contributed by atoms with Gasteiger partial charge in [0.05, 0.1) is 0 Å². The van der Waals surface area contributed by atoms with Crippen LogP contribution in [0, 0.1) is 0 Å². The van der Waals surface area contributed by atoms with E-state index < -0.39 is 6.61 Å². The molecular weight excluding hydrogens is 236 g/mol. The van der Waals surface area contributed by atoms with Crippen molar-refractivity contribution in [2.45, 2.75) is 31.9 Å². The number of hydrogen-bond acceptors (Lipinski definition) is 2. The lowest BCUT2D eigenvalue weighted by Gasteiger charge is -2.20. The van der Waals surface area contributed by atoms with Crippen LogP contribution in [0.25, 0.3) is 6.08 Å². The summed E-state index contributed by atoms with van der Waals surface area (Å²) in [6.45, 7) is -1.70. The van der Waals surface area contributed by atoms with Gasteiger partial charge in [-0.15, -0.1) is 0 Å². The first-order valence-electron chi connectivity index (χ1n) is 6.20.